The van der Waals surface area contributed by atoms with Crippen molar-refractivity contribution in [2.45, 2.75) is 52.8 Å². The molecule has 0 saturated carbocycles. The lowest BCUT2D eigenvalue weighted by molar-refractivity contribution is 0.187. The van der Waals surface area contributed by atoms with Gasteiger partial charge in [0.25, 0.3) is 0 Å². The molecular formula is C11H25IOSi. The van der Waals surface area contributed by atoms with Crippen LogP contribution in [0.25, 0.3) is 0 Å². The zero-order chi connectivity index (χ0) is 11.6. The standard InChI is InChI=1S/C11H25IOSi/c1-10(2,3)14(6,7)13-9-11(4,5)8-12/h8-9H2,1-7H3. The molecule has 0 aromatic carbocycles. The van der Waals surface area contributed by atoms with Crippen molar-refractivity contribution in [1.82, 2.24) is 0 Å². The van der Waals surface area contributed by atoms with E-state index < -0.39 is 8.32 Å². The average Bonchev–Trinajstić information content (AvgIpc) is 1.99. The van der Waals surface area contributed by atoms with Crippen LogP contribution < -0.4 is 0 Å². The smallest absolute Gasteiger partial charge is 0.192 e. The molecule has 0 aliphatic heterocycles. The highest BCUT2D eigenvalue weighted by atomic mass is 127. The molecule has 0 unspecified atom stereocenters. The quantitative estimate of drug-likeness (QED) is 0.420. The lowest BCUT2D eigenvalue weighted by atomic mass is 9.99. The van der Waals surface area contributed by atoms with Crippen LogP contribution in [0.1, 0.15) is 34.6 Å². The summed E-state index contributed by atoms with van der Waals surface area (Å²) in [5, 5.41) is 0.328. The van der Waals surface area contributed by atoms with Crippen molar-refractivity contribution >= 4 is 30.9 Å². The van der Waals surface area contributed by atoms with Crippen molar-refractivity contribution in [1.29, 1.82) is 0 Å². The van der Waals surface area contributed by atoms with Crippen LogP contribution in [0.2, 0.25) is 18.1 Å². The molecule has 0 heterocycles. The van der Waals surface area contributed by atoms with Crippen molar-refractivity contribution in [3.63, 3.8) is 0 Å². The monoisotopic (exact) mass is 328 g/mol. The molecule has 0 atom stereocenters. The van der Waals surface area contributed by atoms with Crippen LogP contribution in [0, 0.1) is 5.41 Å². The molecule has 86 valence electrons. The van der Waals surface area contributed by atoms with E-state index >= 15 is 0 Å². The zero-order valence-corrected chi connectivity index (χ0v) is 13.9. The van der Waals surface area contributed by atoms with E-state index in [2.05, 4.69) is 70.3 Å². The normalized spacial score (nSPS) is 14.6. The van der Waals surface area contributed by atoms with Gasteiger partial charge in [-0.3, -0.25) is 0 Å². The molecule has 0 aliphatic rings. The predicted octanol–water partition coefficient (Wildman–Crippen LogP) is 4.47. The van der Waals surface area contributed by atoms with E-state index in [9.17, 15) is 0 Å². The second-order valence-electron chi connectivity index (χ2n) is 6.35. The number of halogens is 1. The Morgan fingerprint density at radius 2 is 1.50 bits per heavy atom. The average molecular weight is 328 g/mol. The van der Waals surface area contributed by atoms with Crippen LogP contribution in [-0.4, -0.2) is 19.4 Å². The lowest BCUT2D eigenvalue weighted by Crippen LogP contribution is -2.43. The SMILES string of the molecule is CC(C)(CI)CO[Si](C)(C)C(C)(C)C. The Kier molecular flexibility index (Phi) is 5.14. The Morgan fingerprint density at radius 1 is 1.07 bits per heavy atom. The molecule has 0 aromatic rings. The Bertz CT molecular complexity index is 182. The highest BCUT2D eigenvalue weighted by molar-refractivity contribution is 14.1. The lowest BCUT2D eigenvalue weighted by Gasteiger charge is -2.38. The Morgan fingerprint density at radius 3 is 1.79 bits per heavy atom. The van der Waals surface area contributed by atoms with Gasteiger partial charge in [-0.05, 0) is 23.5 Å². The van der Waals surface area contributed by atoms with Gasteiger partial charge in [0.2, 0.25) is 0 Å². The molecule has 0 fully saturated rings. The van der Waals surface area contributed by atoms with Crippen molar-refractivity contribution in [3.05, 3.63) is 0 Å². The van der Waals surface area contributed by atoms with Gasteiger partial charge >= 0.3 is 0 Å². The van der Waals surface area contributed by atoms with E-state index in [1.165, 1.54) is 0 Å². The third-order valence-corrected chi connectivity index (χ3v) is 9.54. The van der Waals surface area contributed by atoms with Crippen molar-refractivity contribution in [2.75, 3.05) is 11.0 Å². The van der Waals surface area contributed by atoms with E-state index in [0.717, 1.165) is 11.0 Å². The minimum absolute atomic E-state index is 0.316. The van der Waals surface area contributed by atoms with Crippen molar-refractivity contribution in [3.8, 4) is 0 Å². The fourth-order valence-corrected chi connectivity index (χ4v) is 2.04. The second kappa shape index (κ2) is 4.83. The van der Waals surface area contributed by atoms with Crippen LogP contribution in [0.4, 0.5) is 0 Å². The largest absolute Gasteiger partial charge is 0.416 e. The van der Waals surface area contributed by atoms with Gasteiger partial charge in [0, 0.05) is 11.0 Å². The first-order chi connectivity index (χ1) is 6.02. The molecule has 14 heavy (non-hydrogen) atoms. The summed E-state index contributed by atoms with van der Waals surface area (Å²) in [5.74, 6) is 0. The van der Waals surface area contributed by atoms with Crippen LogP contribution in [0.5, 0.6) is 0 Å². The highest BCUT2D eigenvalue weighted by Crippen LogP contribution is 2.37. The first-order valence-electron chi connectivity index (χ1n) is 5.22. The summed E-state index contributed by atoms with van der Waals surface area (Å²) in [5.41, 5.74) is 0.316. The third-order valence-electron chi connectivity index (χ3n) is 2.99. The summed E-state index contributed by atoms with van der Waals surface area (Å²) in [6, 6.07) is 0. The summed E-state index contributed by atoms with van der Waals surface area (Å²) in [6.45, 7) is 16.9. The Balaban J connectivity index is 4.27. The molecule has 0 rings (SSSR count). The minimum atomic E-state index is -1.53. The molecule has 0 aromatic heterocycles. The Hall–Kier alpha value is 0.907. The maximum Gasteiger partial charge on any atom is 0.192 e. The number of rotatable bonds is 4. The van der Waals surface area contributed by atoms with Gasteiger partial charge in [-0.25, -0.2) is 0 Å². The van der Waals surface area contributed by atoms with Gasteiger partial charge in [0.15, 0.2) is 8.32 Å². The van der Waals surface area contributed by atoms with E-state index in [1.54, 1.807) is 0 Å². The van der Waals surface area contributed by atoms with Crippen LogP contribution in [0.15, 0.2) is 0 Å². The first-order valence-corrected chi connectivity index (χ1v) is 9.65. The number of hydrogen-bond acceptors (Lipinski definition) is 1. The van der Waals surface area contributed by atoms with Gasteiger partial charge < -0.3 is 4.43 Å². The number of hydrogen-bond donors (Lipinski definition) is 0. The zero-order valence-electron chi connectivity index (χ0n) is 10.7. The Labute approximate surface area is 104 Å². The molecule has 0 saturated heterocycles. The molecule has 0 N–H and O–H groups in total. The van der Waals surface area contributed by atoms with E-state index in [4.69, 9.17) is 4.43 Å². The molecule has 0 spiro atoms. The van der Waals surface area contributed by atoms with Gasteiger partial charge in [0.05, 0.1) is 0 Å². The molecule has 0 amide bonds. The maximum atomic E-state index is 6.18. The first kappa shape index (κ1) is 14.9. The number of alkyl halides is 1. The highest BCUT2D eigenvalue weighted by Gasteiger charge is 2.38. The molecule has 3 heteroatoms. The summed E-state index contributed by atoms with van der Waals surface area (Å²) in [4.78, 5) is 0. The summed E-state index contributed by atoms with van der Waals surface area (Å²) < 4.78 is 7.34. The third kappa shape index (κ3) is 4.62. The maximum absolute atomic E-state index is 6.18. The summed E-state index contributed by atoms with van der Waals surface area (Å²) in [6.07, 6.45) is 0. The van der Waals surface area contributed by atoms with E-state index in [-0.39, 0.29) is 0 Å². The molecule has 0 radical (unpaired) electrons. The van der Waals surface area contributed by atoms with Crippen molar-refractivity contribution < 1.29 is 4.43 Å². The van der Waals surface area contributed by atoms with E-state index in [0.29, 0.717) is 10.5 Å². The molecule has 0 aliphatic carbocycles. The second-order valence-corrected chi connectivity index (χ2v) is 11.9. The fraction of sp³-hybridized carbons (Fsp3) is 1.00. The van der Waals surface area contributed by atoms with E-state index in [1.807, 2.05) is 0 Å². The summed E-state index contributed by atoms with van der Waals surface area (Å²) in [7, 11) is -1.53. The van der Waals surface area contributed by atoms with Gasteiger partial charge in [-0.15, -0.1) is 0 Å². The van der Waals surface area contributed by atoms with Crippen LogP contribution in [-0.2, 0) is 4.43 Å². The predicted molar refractivity (Wildman–Crippen MR) is 75.8 cm³/mol. The van der Waals surface area contributed by atoms with Gasteiger partial charge in [-0.1, -0.05) is 57.2 Å². The fourth-order valence-electron chi connectivity index (χ4n) is 0.631. The van der Waals surface area contributed by atoms with Gasteiger partial charge in [-0.2, -0.15) is 0 Å². The minimum Gasteiger partial charge on any atom is -0.416 e. The molecule has 0 bridgehead atoms. The van der Waals surface area contributed by atoms with Crippen molar-refractivity contribution in [2.24, 2.45) is 5.41 Å². The molecular weight excluding hydrogens is 303 g/mol. The van der Waals surface area contributed by atoms with Crippen LogP contribution >= 0.6 is 22.6 Å². The summed E-state index contributed by atoms with van der Waals surface area (Å²) >= 11 is 2.44. The molecule has 1 nitrogen and oxygen atoms in total. The van der Waals surface area contributed by atoms with Crippen LogP contribution in [0.3, 0.4) is 0 Å². The van der Waals surface area contributed by atoms with Gasteiger partial charge in [0.1, 0.15) is 0 Å². The topological polar surface area (TPSA) is 9.23 Å².